The molecule has 0 radical (unpaired) electrons. The van der Waals surface area contributed by atoms with Crippen LogP contribution in [0.25, 0.3) is 0 Å². The van der Waals surface area contributed by atoms with Gasteiger partial charge < -0.3 is 10.2 Å². The molecule has 0 saturated carbocycles. The van der Waals surface area contributed by atoms with Crippen LogP contribution < -0.4 is 5.32 Å². The van der Waals surface area contributed by atoms with Crippen molar-refractivity contribution in [3.05, 3.63) is 65.3 Å². The molecule has 166 valence electrons. The Morgan fingerprint density at radius 2 is 2.00 bits per heavy atom. The van der Waals surface area contributed by atoms with E-state index in [2.05, 4.69) is 11.9 Å². The average Bonchev–Trinajstić information content (AvgIpc) is 2.94. The maximum Gasteiger partial charge on any atom is 0.274 e. The molecule has 5 nitrogen and oxygen atoms in total. The zero-order chi connectivity index (χ0) is 21.6. The summed E-state index contributed by atoms with van der Waals surface area (Å²) in [4.78, 5) is 15.3. The van der Waals surface area contributed by atoms with Gasteiger partial charge in [0.25, 0.3) is 5.91 Å². The number of hydrogen-bond acceptors (Lipinski definition) is 3. The molecule has 1 aromatic carbocycles. The lowest BCUT2D eigenvalue weighted by molar-refractivity contribution is 0.0753. The van der Waals surface area contributed by atoms with Gasteiger partial charge in [0.15, 0.2) is 5.69 Å². The number of allylic oxidation sites excluding steroid dienone is 1. The van der Waals surface area contributed by atoms with E-state index in [1.165, 1.54) is 24.6 Å². The standard InChI is InChI=1S/C25H33FN4O/c1-2-15-30-23-12-11-20(27-14-13-19-9-5-6-10-22(19)26)18-21(23)24(28-30)25(31)29-16-7-3-4-8-17-29/h2,5-6,9-10,20,27H,1,3-4,7-8,11-18H2/t20-/m1/s1. The highest BCUT2D eigenvalue weighted by molar-refractivity contribution is 5.94. The number of amides is 1. The van der Waals surface area contributed by atoms with E-state index in [9.17, 15) is 9.18 Å². The van der Waals surface area contributed by atoms with Gasteiger partial charge in [-0.15, -0.1) is 6.58 Å². The molecule has 6 heteroatoms. The topological polar surface area (TPSA) is 50.2 Å². The van der Waals surface area contributed by atoms with Crippen molar-refractivity contribution < 1.29 is 9.18 Å². The van der Waals surface area contributed by atoms with E-state index in [1.54, 1.807) is 6.07 Å². The third-order valence-electron chi connectivity index (χ3n) is 6.53. The number of rotatable bonds is 7. The molecule has 1 aliphatic heterocycles. The van der Waals surface area contributed by atoms with E-state index >= 15 is 0 Å². The monoisotopic (exact) mass is 424 g/mol. The third-order valence-corrected chi connectivity index (χ3v) is 6.53. The quantitative estimate of drug-likeness (QED) is 0.686. The normalized spacial score (nSPS) is 19.0. The Morgan fingerprint density at radius 1 is 1.23 bits per heavy atom. The van der Waals surface area contributed by atoms with Crippen LogP contribution in [0, 0.1) is 5.82 Å². The van der Waals surface area contributed by atoms with E-state index in [4.69, 9.17) is 5.10 Å². The number of fused-ring (bicyclic) bond motifs is 1. The summed E-state index contributed by atoms with van der Waals surface area (Å²) in [7, 11) is 0. The van der Waals surface area contributed by atoms with Crippen molar-refractivity contribution in [1.82, 2.24) is 20.0 Å². The minimum absolute atomic E-state index is 0.0768. The number of carbonyl (C=O) groups excluding carboxylic acids is 1. The second-order valence-electron chi connectivity index (χ2n) is 8.69. The Bertz CT molecular complexity index is 914. The number of carbonyl (C=O) groups is 1. The van der Waals surface area contributed by atoms with Gasteiger partial charge in [-0.1, -0.05) is 37.1 Å². The summed E-state index contributed by atoms with van der Waals surface area (Å²) in [5.74, 6) is -0.0702. The van der Waals surface area contributed by atoms with Gasteiger partial charge in [0.05, 0.1) is 6.54 Å². The molecule has 0 bridgehead atoms. The lowest BCUT2D eigenvalue weighted by atomic mass is 9.91. The molecule has 1 saturated heterocycles. The first kappa shape index (κ1) is 21.8. The van der Waals surface area contributed by atoms with Crippen LogP contribution in [0.2, 0.25) is 0 Å². The summed E-state index contributed by atoms with van der Waals surface area (Å²) in [6, 6.07) is 7.22. The Kier molecular flexibility index (Phi) is 7.17. The van der Waals surface area contributed by atoms with Gasteiger partial charge >= 0.3 is 0 Å². The molecule has 4 rings (SSSR count). The number of nitrogens with one attached hydrogen (secondary N) is 1. The van der Waals surface area contributed by atoms with E-state index in [1.807, 2.05) is 27.8 Å². The van der Waals surface area contributed by atoms with Crippen LogP contribution in [0.5, 0.6) is 0 Å². The minimum Gasteiger partial charge on any atom is -0.337 e. The van der Waals surface area contributed by atoms with E-state index in [-0.39, 0.29) is 17.8 Å². The van der Waals surface area contributed by atoms with Crippen molar-refractivity contribution in [2.24, 2.45) is 0 Å². The van der Waals surface area contributed by atoms with E-state index in [0.717, 1.165) is 62.9 Å². The lowest BCUT2D eigenvalue weighted by Crippen LogP contribution is -2.37. The summed E-state index contributed by atoms with van der Waals surface area (Å²) in [5.41, 5.74) is 3.62. The Morgan fingerprint density at radius 3 is 2.74 bits per heavy atom. The van der Waals surface area contributed by atoms with Gasteiger partial charge in [0.1, 0.15) is 5.82 Å². The van der Waals surface area contributed by atoms with Crippen LogP contribution in [0.1, 0.15) is 59.4 Å². The largest absolute Gasteiger partial charge is 0.337 e. The first-order valence-electron chi connectivity index (χ1n) is 11.6. The van der Waals surface area contributed by atoms with Gasteiger partial charge in [0.2, 0.25) is 0 Å². The fraction of sp³-hybridized carbons (Fsp3) is 0.520. The molecular formula is C25H33FN4O. The highest BCUT2D eigenvalue weighted by Crippen LogP contribution is 2.27. The molecule has 1 fully saturated rings. The summed E-state index contributed by atoms with van der Waals surface area (Å²) in [6.45, 7) is 6.85. The summed E-state index contributed by atoms with van der Waals surface area (Å²) in [6.07, 6.45) is 9.70. The number of nitrogens with zero attached hydrogens (tertiary/aromatic N) is 3. The molecule has 31 heavy (non-hydrogen) atoms. The molecule has 2 aliphatic rings. The Labute approximate surface area is 184 Å². The molecule has 2 heterocycles. The Balaban J connectivity index is 1.46. The summed E-state index contributed by atoms with van der Waals surface area (Å²) in [5, 5.41) is 8.32. The van der Waals surface area contributed by atoms with Crippen LogP contribution in [-0.2, 0) is 25.8 Å². The molecule has 1 atom stereocenters. The number of benzene rings is 1. The fourth-order valence-corrected chi connectivity index (χ4v) is 4.84. The molecule has 2 aromatic rings. The van der Waals surface area contributed by atoms with Crippen molar-refractivity contribution in [3.63, 3.8) is 0 Å². The first-order chi connectivity index (χ1) is 15.2. The van der Waals surface area contributed by atoms with Gasteiger partial charge in [-0.2, -0.15) is 5.10 Å². The van der Waals surface area contributed by atoms with Crippen molar-refractivity contribution in [2.75, 3.05) is 19.6 Å². The predicted octanol–water partition coefficient (Wildman–Crippen LogP) is 3.91. The van der Waals surface area contributed by atoms with Crippen LogP contribution in [0.3, 0.4) is 0 Å². The first-order valence-corrected chi connectivity index (χ1v) is 11.6. The van der Waals surface area contributed by atoms with Crippen molar-refractivity contribution in [3.8, 4) is 0 Å². The maximum atomic E-state index is 13.9. The minimum atomic E-state index is -0.147. The summed E-state index contributed by atoms with van der Waals surface area (Å²) < 4.78 is 15.8. The van der Waals surface area contributed by atoms with Crippen molar-refractivity contribution in [1.29, 1.82) is 0 Å². The van der Waals surface area contributed by atoms with E-state index < -0.39 is 0 Å². The second-order valence-corrected chi connectivity index (χ2v) is 8.69. The lowest BCUT2D eigenvalue weighted by Gasteiger charge is -2.25. The molecule has 1 N–H and O–H groups in total. The number of halogens is 1. The average molecular weight is 425 g/mol. The zero-order valence-corrected chi connectivity index (χ0v) is 18.3. The summed E-state index contributed by atoms with van der Waals surface area (Å²) >= 11 is 0. The number of likely N-dealkylation sites (tertiary alicyclic amines) is 1. The van der Waals surface area contributed by atoms with Crippen LogP contribution >= 0.6 is 0 Å². The van der Waals surface area contributed by atoms with Crippen LogP contribution in [0.15, 0.2) is 36.9 Å². The highest BCUT2D eigenvalue weighted by atomic mass is 19.1. The molecule has 1 amide bonds. The molecule has 0 spiro atoms. The van der Waals surface area contributed by atoms with E-state index in [0.29, 0.717) is 18.7 Å². The van der Waals surface area contributed by atoms with Gasteiger partial charge in [-0.25, -0.2) is 4.39 Å². The highest BCUT2D eigenvalue weighted by Gasteiger charge is 2.31. The number of aromatic nitrogens is 2. The predicted molar refractivity (Wildman–Crippen MR) is 121 cm³/mol. The third kappa shape index (κ3) is 5.06. The zero-order valence-electron chi connectivity index (χ0n) is 18.3. The van der Waals surface area contributed by atoms with Crippen molar-refractivity contribution in [2.45, 2.75) is 64.0 Å². The maximum absolute atomic E-state index is 13.9. The molecule has 1 aromatic heterocycles. The van der Waals surface area contributed by atoms with Gasteiger partial charge in [-0.05, 0) is 56.7 Å². The smallest absolute Gasteiger partial charge is 0.274 e. The Hall–Kier alpha value is -2.47. The van der Waals surface area contributed by atoms with Crippen LogP contribution in [-0.4, -0.2) is 46.3 Å². The van der Waals surface area contributed by atoms with Crippen LogP contribution in [0.4, 0.5) is 4.39 Å². The molecular weight excluding hydrogens is 391 g/mol. The second kappa shape index (κ2) is 10.2. The fourth-order valence-electron chi connectivity index (χ4n) is 4.84. The van der Waals surface area contributed by atoms with Crippen molar-refractivity contribution >= 4 is 5.91 Å². The van der Waals surface area contributed by atoms with Gasteiger partial charge in [-0.3, -0.25) is 9.48 Å². The molecule has 0 unspecified atom stereocenters. The number of hydrogen-bond donors (Lipinski definition) is 1. The molecule has 1 aliphatic carbocycles. The van der Waals surface area contributed by atoms with Gasteiger partial charge in [0, 0.05) is 30.4 Å². The SMILES string of the molecule is C=CCn1nc(C(=O)N2CCCCCC2)c2c1CC[C@@H](NCCc1ccccc1F)C2.